The predicted octanol–water partition coefficient (Wildman–Crippen LogP) is 0.924. The number of carbonyl (C=O) groups excluding carboxylic acids is 1. The van der Waals surface area contributed by atoms with Gasteiger partial charge in [0.05, 0.1) is 13.0 Å². The first kappa shape index (κ1) is 9.52. The molecule has 0 spiro atoms. The molecule has 2 N–H and O–H groups in total. The minimum Gasteiger partial charge on any atom is -0.469 e. The Bertz CT molecular complexity index is 151. The standard InChI is InChI=1S/C9H17NO2/c1-12-9(11)8-4-2-7(6-10)3-5-8/h7-8H,2-6,10H2,1H3/t7-,8+. The van der Waals surface area contributed by atoms with Gasteiger partial charge in [0.15, 0.2) is 0 Å². The molecule has 12 heavy (non-hydrogen) atoms. The Balaban J connectivity index is 2.30. The van der Waals surface area contributed by atoms with E-state index in [2.05, 4.69) is 4.74 Å². The van der Waals surface area contributed by atoms with E-state index in [-0.39, 0.29) is 11.9 Å². The van der Waals surface area contributed by atoms with Crippen LogP contribution in [0.2, 0.25) is 0 Å². The normalized spacial score (nSPS) is 29.8. The minimum atomic E-state index is -0.0505. The summed E-state index contributed by atoms with van der Waals surface area (Å²) in [4.78, 5) is 11.1. The molecule has 1 rings (SSSR count). The lowest BCUT2D eigenvalue weighted by Crippen LogP contribution is -2.26. The molecule has 0 bridgehead atoms. The van der Waals surface area contributed by atoms with Crippen molar-refractivity contribution < 1.29 is 9.53 Å². The number of carbonyl (C=O) groups is 1. The van der Waals surface area contributed by atoms with E-state index in [0.717, 1.165) is 32.2 Å². The van der Waals surface area contributed by atoms with Crippen molar-refractivity contribution in [3.8, 4) is 0 Å². The first-order valence-corrected chi connectivity index (χ1v) is 4.55. The zero-order valence-corrected chi connectivity index (χ0v) is 7.58. The van der Waals surface area contributed by atoms with Gasteiger partial charge in [-0.15, -0.1) is 0 Å². The molecule has 0 aromatic heterocycles. The Morgan fingerprint density at radius 3 is 2.42 bits per heavy atom. The smallest absolute Gasteiger partial charge is 0.308 e. The highest BCUT2D eigenvalue weighted by Gasteiger charge is 2.25. The van der Waals surface area contributed by atoms with Crippen LogP contribution in [0.1, 0.15) is 25.7 Å². The molecule has 1 saturated carbocycles. The molecule has 3 nitrogen and oxygen atoms in total. The second kappa shape index (κ2) is 4.45. The van der Waals surface area contributed by atoms with Gasteiger partial charge in [0.1, 0.15) is 0 Å². The molecule has 0 aromatic rings. The molecule has 1 fully saturated rings. The topological polar surface area (TPSA) is 52.3 Å². The lowest BCUT2D eigenvalue weighted by atomic mass is 9.82. The maximum Gasteiger partial charge on any atom is 0.308 e. The molecular weight excluding hydrogens is 154 g/mol. The van der Waals surface area contributed by atoms with Crippen molar-refractivity contribution in [2.45, 2.75) is 25.7 Å². The minimum absolute atomic E-state index is 0.0505. The highest BCUT2D eigenvalue weighted by Crippen LogP contribution is 2.28. The van der Waals surface area contributed by atoms with E-state index >= 15 is 0 Å². The molecule has 0 unspecified atom stereocenters. The summed E-state index contributed by atoms with van der Waals surface area (Å²) in [7, 11) is 1.46. The SMILES string of the molecule is COC(=O)[C@H]1CC[C@@H](CN)CC1. The van der Waals surface area contributed by atoms with Crippen molar-refractivity contribution >= 4 is 5.97 Å². The van der Waals surface area contributed by atoms with Crippen LogP contribution in [0.25, 0.3) is 0 Å². The molecule has 0 aromatic carbocycles. The fourth-order valence-corrected chi connectivity index (χ4v) is 1.80. The van der Waals surface area contributed by atoms with E-state index in [0.29, 0.717) is 5.92 Å². The van der Waals surface area contributed by atoms with Gasteiger partial charge in [-0.3, -0.25) is 4.79 Å². The van der Waals surface area contributed by atoms with Gasteiger partial charge in [0, 0.05) is 0 Å². The molecule has 0 amide bonds. The average Bonchev–Trinajstić information content (AvgIpc) is 2.17. The second-order valence-corrected chi connectivity index (χ2v) is 3.48. The van der Waals surface area contributed by atoms with Crippen molar-refractivity contribution in [1.82, 2.24) is 0 Å². The third-order valence-electron chi connectivity index (χ3n) is 2.71. The number of hydrogen-bond acceptors (Lipinski definition) is 3. The Kier molecular flexibility index (Phi) is 3.53. The van der Waals surface area contributed by atoms with Gasteiger partial charge >= 0.3 is 5.97 Å². The summed E-state index contributed by atoms with van der Waals surface area (Å²) in [5, 5.41) is 0. The number of esters is 1. The zero-order valence-electron chi connectivity index (χ0n) is 7.58. The van der Waals surface area contributed by atoms with Crippen LogP contribution in [0.15, 0.2) is 0 Å². The molecule has 70 valence electrons. The predicted molar refractivity (Wildman–Crippen MR) is 46.5 cm³/mol. The quantitative estimate of drug-likeness (QED) is 0.629. The van der Waals surface area contributed by atoms with E-state index < -0.39 is 0 Å². The van der Waals surface area contributed by atoms with E-state index in [1.165, 1.54) is 7.11 Å². The molecule has 3 heteroatoms. The molecule has 0 saturated heterocycles. The molecule has 0 radical (unpaired) electrons. The summed E-state index contributed by atoms with van der Waals surface area (Å²) in [5.41, 5.74) is 5.54. The summed E-state index contributed by atoms with van der Waals surface area (Å²) in [6, 6.07) is 0. The van der Waals surface area contributed by atoms with Crippen molar-refractivity contribution in [3.63, 3.8) is 0 Å². The first-order valence-electron chi connectivity index (χ1n) is 4.55. The molecule has 1 aliphatic rings. The Labute approximate surface area is 73.3 Å². The average molecular weight is 171 g/mol. The zero-order chi connectivity index (χ0) is 8.97. The van der Waals surface area contributed by atoms with Crippen LogP contribution in [0.3, 0.4) is 0 Å². The summed E-state index contributed by atoms with van der Waals surface area (Å²) in [6.07, 6.45) is 4.07. The summed E-state index contributed by atoms with van der Waals surface area (Å²) < 4.78 is 4.69. The lowest BCUT2D eigenvalue weighted by molar-refractivity contribution is -0.146. The Morgan fingerprint density at radius 1 is 1.42 bits per heavy atom. The van der Waals surface area contributed by atoms with Gasteiger partial charge < -0.3 is 10.5 Å². The van der Waals surface area contributed by atoms with Gasteiger partial charge in [-0.25, -0.2) is 0 Å². The molecule has 0 aliphatic heterocycles. The van der Waals surface area contributed by atoms with E-state index in [9.17, 15) is 4.79 Å². The third kappa shape index (κ3) is 2.21. The van der Waals surface area contributed by atoms with Gasteiger partial charge in [0.25, 0.3) is 0 Å². The largest absolute Gasteiger partial charge is 0.469 e. The van der Waals surface area contributed by atoms with Crippen LogP contribution in [0.5, 0.6) is 0 Å². The van der Waals surface area contributed by atoms with Gasteiger partial charge in [-0.1, -0.05) is 0 Å². The summed E-state index contributed by atoms with van der Waals surface area (Å²) >= 11 is 0. The van der Waals surface area contributed by atoms with Gasteiger partial charge in [0.2, 0.25) is 0 Å². The van der Waals surface area contributed by atoms with Crippen LogP contribution in [0.4, 0.5) is 0 Å². The van der Waals surface area contributed by atoms with Gasteiger partial charge in [-0.2, -0.15) is 0 Å². The van der Waals surface area contributed by atoms with Crippen LogP contribution >= 0.6 is 0 Å². The molecule has 1 aliphatic carbocycles. The molecule has 0 atom stereocenters. The second-order valence-electron chi connectivity index (χ2n) is 3.48. The number of methoxy groups -OCH3 is 1. The van der Waals surface area contributed by atoms with E-state index in [1.807, 2.05) is 0 Å². The maximum atomic E-state index is 11.1. The van der Waals surface area contributed by atoms with Gasteiger partial charge in [-0.05, 0) is 38.1 Å². The molecule has 0 heterocycles. The van der Waals surface area contributed by atoms with Crippen LogP contribution in [-0.4, -0.2) is 19.6 Å². The van der Waals surface area contributed by atoms with E-state index in [4.69, 9.17) is 5.73 Å². The van der Waals surface area contributed by atoms with E-state index in [1.54, 1.807) is 0 Å². The fraction of sp³-hybridized carbons (Fsp3) is 0.889. The highest BCUT2D eigenvalue weighted by molar-refractivity contribution is 5.72. The number of hydrogen-bond donors (Lipinski definition) is 1. The lowest BCUT2D eigenvalue weighted by Gasteiger charge is -2.25. The maximum absolute atomic E-state index is 11.1. The van der Waals surface area contributed by atoms with Crippen molar-refractivity contribution in [2.75, 3.05) is 13.7 Å². The number of nitrogens with two attached hydrogens (primary N) is 1. The third-order valence-corrected chi connectivity index (χ3v) is 2.71. The monoisotopic (exact) mass is 171 g/mol. The number of rotatable bonds is 2. The molecular formula is C9H17NO2. The van der Waals surface area contributed by atoms with Crippen LogP contribution < -0.4 is 5.73 Å². The van der Waals surface area contributed by atoms with Crippen molar-refractivity contribution in [2.24, 2.45) is 17.6 Å². The van der Waals surface area contributed by atoms with Crippen LogP contribution in [-0.2, 0) is 9.53 Å². The van der Waals surface area contributed by atoms with Crippen molar-refractivity contribution in [1.29, 1.82) is 0 Å². The Morgan fingerprint density at radius 2 is 2.00 bits per heavy atom. The highest BCUT2D eigenvalue weighted by atomic mass is 16.5. The Hall–Kier alpha value is -0.570. The number of ether oxygens (including phenoxy) is 1. The summed E-state index contributed by atoms with van der Waals surface area (Å²) in [6.45, 7) is 0.758. The first-order chi connectivity index (χ1) is 5.77. The summed E-state index contributed by atoms with van der Waals surface area (Å²) in [5.74, 6) is 0.717. The van der Waals surface area contributed by atoms with Crippen LogP contribution in [0, 0.1) is 11.8 Å². The fourth-order valence-electron chi connectivity index (χ4n) is 1.80. The van der Waals surface area contributed by atoms with Crippen molar-refractivity contribution in [3.05, 3.63) is 0 Å².